The van der Waals surface area contributed by atoms with Gasteiger partial charge >= 0.3 is 0 Å². The zero-order valence-corrected chi connectivity index (χ0v) is 12.0. The lowest BCUT2D eigenvalue weighted by Crippen LogP contribution is -2.27. The highest BCUT2D eigenvalue weighted by Crippen LogP contribution is 2.20. The summed E-state index contributed by atoms with van der Waals surface area (Å²) in [6, 6.07) is 15.1. The van der Waals surface area contributed by atoms with E-state index >= 15 is 0 Å². The van der Waals surface area contributed by atoms with E-state index in [1.165, 1.54) is 11.6 Å². The van der Waals surface area contributed by atoms with Crippen LogP contribution in [-0.4, -0.2) is 6.54 Å². The number of rotatable bonds is 5. The van der Waals surface area contributed by atoms with Gasteiger partial charge in [-0.1, -0.05) is 36.4 Å². The molecule has 2 aromatic rings. The second kappa shape index (κ2) is 6.80. The Balaban J connectivity index is 2.05. The molecule has 0 fully saturated rings. The van der Waals surface area contributed by atoms with E-state index in [4.69, 9.17) is 5.73 Å². The molecule has 4 heteroatoms. The molecule has 19 heavy (non-hydrogen) atoms. The third-order valence-corrected chi connectivity index (χ3v) is 3.62. The Morgan fingerprint density at radius 2 is 1.89 bits per heavy atom. The minimum atomic E-state index is -0.266. The van der Waals surface area contributed by atoms with Crippen molar-refractivity contribution in [1.29, 1.82) is 0 Å². The maximum Gasteiger partial charge on any atom is 0.137 e. The van der Waals surface area contributed by atoms with Gasteiger partial charge in [0, 0.05) is 19.1 Å². The molecule has 100 valence electrons. The van der Waals surface area contributed by atoms with E-state index in [9.17, 15) is 4.39 Å². The summed E-state index contributed by atoms with van der Waals surface area (Å²) in [5.41, 5.74) is 7.80. The smallest absolute Gasteiger partial charge is 0.137 e. The van der Waals surface area contributed by atoms with Gasteiger partial charge in [0.15, 0.2) is 0 Å². The summed E-state index contributed by atoms with van der Waals surface area (Å²) >= 11 is 3.15. The Labute approximate surface area is 121 Å². The van der Waals surface area contributed by atoms with Gasteiger partial charge in [0.05, 0.1) is 4.47 Å². The number of hydrogen-bond acceptors (Lipinski definition) is 2. The molecule has 2 nitrogen and oxygen atoms in total. The van der Waals surface area contributed by atoms with Crippen LogP contribution in [-0.2, 0) is 6.54 Å². The number of nitrogens with one attached hydrogen (secondary N) is 1. The molecule has 3 N–H and O–H groups in total. The first kappa shape index (κ1) is 14.2. The fourth-order valence-electron chi connectivity index (χ4n) is 1.90. The lowest BCUT2D eigenvalue weighted by Gasteiger charge is -2.17. The van der Waals surface area contributed by atoms with Crippen molar-refractivity contribution in [2.75, 3.05) is 6.54 Å². The average molecular weight is 323 g/mol. The summed E-state index contributed by atoms with van der Waals surface area (Å²) in [5.74, 6) is -0.266. The van der Waals surface area contributed by atoms with Crippen molar-refractivity contribution < 1.29 is 4.39 Å². The van der Waals surface area contributed by atoms with Gasteiger partial charge in [-0.05, 0) is 39.2 Å². The van der Waals surface area contributed by atoms with E-state index in [0.717, 1.165) is 5.56 Å². The molecular weight excluding hydrogens is 307 g/mol. The van der Waals surface area contributed by atoms with Crippen LogP contribution in [0.5, 0.6) is 0 Å². The Morgan fingerprint density at radius 1 is 1.16 bits per heavy atom. The predicted octanol–water partition coefficient (Wildman–Crippen LogP) is 3.38. The van der Waals surface area contributed by atoms with Crippen molar-refractivity contribution in [2.45, 2.75) is 12.6 Å². The molecule has 1 unspecified atom stereocenters. The van der Waals surface area contributed by atoms with Crippen LogP contribution in [0.25, 0.3) is 0 Å². The van der Waals surface area contributed by atoms with E-state index in [1.807, 2.05) is 36.4 Å². The lowest BCUT2D eigenvalue weighted by molar-refractivity contribution is 0.535. The minimum Gasteiger partial charge on any atom is -0.329 e. The normalized spacial score (nSPS) is 12.4. The average Bonchev–Trinajstić information content (AvgIpc) is 2.44. The monoisotopic (exact) mass is 322 g/mol. The molecule has 0 aliphatic rings. The summed E-state index contributed by atoms with van der Waals surface area (Å²) in [6.45, 7) is 1.13. The molecule has 0 aliphatic carbocycles. The second-order valence-electron chi connectivity index (χ2n) is 4.33. The topological polar surface area (TPSA) is 38.0 Å². The van der Waals surface area contributed by atoms with Crippen molar-refractivity contribution in [3.8, 4) is 0 Å². The SMILES string of the molecule is NCC(NCc1ccccc1)c1ccc(Br)c(F)c1. The fraction of sp³-hybridized carbons (Fsp3) is 0.200. The Hall–Kier alpha value is -1.23. The maximum absolute atomic E-state index is 13.5. The molecule has 0 saturated heterocycles. The van der Waals surface area contributed by atoms with Gasteiger partial charge in [0.25, 0.3) is 0 Å². The quantitative estimate of drug-likeness (QED) is 0.885. The highest BCUT2D eigenvalue weighted by molar-refractivity contribution is 9.10. The van der Waals surface area contributed by atoms with Gasteiger partial charge in [0.2, 0.25) is 0 Å². The van der Waals surface area contributed by atoms with Gasteiger partial charge in [0.1, 0.15) is 5.82 Å². The van der Waals surface area contributed by atoms with Crippen LogP contribution in [0, 0.1) is 5.82 Å². The molecule has 0 amide bonds. The number of nitrogens with two attached hydrogens (primary N) is 1. The largest absolute Gasteiger partial charge is 0.329 e. The molecule has 2 rings (SSSR count). The van der Waals surface area contributed by atoms with E-state index in [2.05, 4.69) is 21.2 Å². The van der Waals surface area contributed by atoms with E-state index in [0.29, 0.717) is 17.6 Å². The Morgan fingerprint density at radius 3 is 2.53 bits per heavy atom. The summed E-state index contributed by atoms with van der Waals surface area (Å²) in [7, 11) is 0. The summed E-state index contributed by atoms with van der Waals surface area (Å²) in [4.78, 5) is 0. The molecule has 0 spiro atoms. The van der Waals surface area contributed by atoms with Gasteiger partial charge in [-0.2, -0.15) is 0 Å². The van der Waals surface area contributed by atoms with Crippen LogP contribution in [0.2, 0.25) is 0 Å². The van der Waals surface area contributed by atoms with Crippen molar-refractivity contribution >= 4 is 15.9 Å². The standard InChI is InChI=1S/C15H16BrFN2/c16-13-7-6-12(8-14(13)17)15(9-18)19-10-11-4-2-1-3-5-11/h1-8,15,19H,9-10,18H2. The highest BCUT2D eigenvalue weighted by Gasteiger charge is 2.11. The molecule has 0 saturated carbocycles. The first-order valence-corrected chi connectivity index (χ1v) is 6.92. The summed E-state index contributed by atoms with van der Waals surface area (Å²) in [5, 5.41) is 3.34. The van der Waals surface area contributed by atoms with Gasteiger partial charge in [-0.25, -0.2) is 4.39 Å². The van der Waals surface area contributed by atoms with Gasteiger partial charge in [-0.3, -0.25) is 0 Å². The predicted molar refractivity (Wildman–Crippen MR) is 79.2 cm³/mol. The molecule has 2 aromatic carbocycles. The third kappa shape index (κ3) is 3.86. The molecule has 0 aliphatic heterocycles. The first-order chi connectivity index (χ1) is 9.20. The minimum absolute atomic E-state index is 0.0530. The third-order valence-electron chi connectivity index (χ3n) is 2.98. The van der Waals surface area contributed by atoms with Crippen molar-refractivity contribution in [1.82, 2.24) is 5.32 Å². The Kier molecular flexibility index (Phi) is 5.07. The molecular formula is C15H16BrFN2. The number of benzene rings is 2. The molecule has 0 aromatic heterocycles. The van der Waals surface area contributed by atoms with Crippen LogP contribution >= 0.6 is 15.9 Å². The zero-order valence-electron chi connectivity index (χ0n) is 10.4. The molecule has 1 atom stereocenters. The van der Waals surface area contributed by atoms with Crippen LogP contribution in [0.15, 0.2) is 53.0 Å². The van der Waals surface area contributed by atoms with E-state index in [1.54, 1.807) is 6.07 Å². The van der Waals surface area contributed by atoms with E-state index < -0.39 is 0 Å². The second-order valence-corrected chi connectivity index (χ2v) is 5.18. The van der Waals surface area contributed by atoms with E-state index in [-0.39, 0.29) is 11.9 Å². The van der Waals surface area contributed by atoms with Crippen LogP contribution < -0.4 is 11.1 Å². The number of hydrogen-bond donors (Lipinski definition) is 2. The van der Waals surface area contributed by atoms with Crippen molar-refractivity contribution in [2.24, 2.45) is 5.73 Å². The van der Waals surface area contributed by atoms with Crippen molar-refractivity contribution in [3.05, 3.63) is 69.9 Å². The number of halogens is 2. The molecule has 0 radical (unpaired) electrons. The van der Waals surface area contributed by atoms with Gasteiger partial charge < -0.3 is 11.1 Å². The van der Waals surface area contributed by atoms with Gasteiger partial charge in [-0.15, -0.1) is 0 Å². The highest BCUT2D eigenvalue weighted by atomic mass is 79.9. The lowest BCUT2D eigenvalue weighted by atomic mass is 10.1. The molecule has 0 heterocycles. The van der Waals surface area contributed by atoms with Crippen LogP contribution in [0.1, 0.15) is 17.2 Å². The first-order valence-electron chi connectivity index (χ1n) is 6.13. The fourth-order valence-corrected chi connectivity index (χ4v) is 2.15. The van der Waals surface area contributed by atoms with Crippen LogP contribution in [0.3, 0.4) is 0 Å². The molecule has 0 bridgehead atoms. The maximum atomic E-state index is 13.5. The van der Waals surface area contributed by atoms with Crippen molar-refractivity contribution in [3.63, 3.8) is 0 Å². The summed E-state index contributed by atoms with van der Waals surface area (Å²) < 4.78 is 14.0. The summed E-state index contributed by atoms with van der Waals surface area (Å²) in [6.07, 6.45) is 0. The zero-order chi connectivity index (χ0) is 13.7. The Bertz CT molecular complexity index is 531. The van der Waals surface area contributed by atoms with Crippen LogP contribution in [0.4, 0.5) is 4.39 Å².